The van der Waals surface area contributed by atoms with Crippen molar-refractivity contribution in [1.82, 2.24) is 10.2 Å². The van der Waals surface area contributed by atoms with Crippen LogP contribution in [0.25, 0.3) is 12.2 Å². The first-order valence-electron chi connectivity index (χ1n) is 5.58. The number of hydrogen-bond donors (Lipinski definition) is 1. The molecule has 0 bridgehead atoms. The summed E-state index contributed by atoms with van der Waals surface area (Å²) in [6.07, 6.45) is 3.49. The van der Waals surface area contributed by atoms with Crippen LogP contribution in [0.1, 0.15) is 17.5 Å². The number of rotatable bonds is 4. The lowest BCUT2D eigenvalue weighted by molar-refractivity contribution is -0.384. The first kappa shape index (κ1) is 13.8. The summed E-state index contributed by atoms with van der Waals surface area (Å²) in [7, 11) is 0. The highest BCUT2D eigenvalue weighted by atomic mass is 32.1. The van der Waals surface area contributed by atoms with Crippen molar-refractivity contribution in [3.05, 3.63) is 45.0 Å². The summed E-state index contributed by atoms with van der Waals surface area (Å²) in [5, 5.41) is 21.8. The van der Waals surface area contributed by atoms with E-state index in [0.29, 0.717) is 10.1 Å². The predicted octanol–water partition coefficient (Wildman–Crippen LogP) is 2.58. The molecule has 0 aliphatic carbocycles. The second-order valence-corrected chi connectivity index (χ2v) is 4.82. The van der Waals surface area contributed by atoms with Crippen molar-refractivity contribution in [3.63, 3.8) is 0 Å². The molecule has 0 aliphatic rings. The molecule has 1 aromatic carbocycles. The number of carbonyl (C=O) groups is 1. The topological polar surface area (TPSA) is 98.0 Å². The molecule has 8 heteroatoms. The summed E-state index contributed by atoms with van der Waals surface area (Å²) in [6, 6.07) is 6.15. The third-order valence-electron chi connectivity index (χ3n) is 2.25. The molecule has 0 atom stereocenters. The van der Waals surface area contributed by atoms with E-state index in [1.54, 1.807) is 24.3 Å². The largest absolute Gasteiger partial charge is 0.301 e. The van der Waals surface area contributed by atoms with Crippen molar-refractivity contribution >= 4 is 40.2 Å². The lowest BCUT2D eigenvalue weighted by atomic mass is 10.2. The highest BCUT2D eigenvalue weighted by Crippen LogP contribution is 2.18. The number of hydrogen-bond acceptors (Lipinski definition) is 6. The van der Waals surface area contributed by atoms with Crippen LogP contribution < -0.4 is 5.32 Å². The molecule has 1 N–H and O–H groups in total. The summed E-state index contributed by atoms with van der Waals surface area (Å²) in [6.45, 7) is 1.40. The van der Waals surface area contributed by atoms with Gasteiger partial charge in [0.25, 0.3) is 5.69 Å². The zero-order valence-corrected chi connectivity index (χ0v) is 11.3. The van der Waals surface area contributed by atoms with E-state index in [1.165, 1.54) is 30.4 Å². The molecule has 0 fully saturated rings. The third kappa shape index (κ3) is 3.69. The molecule has 0 saturated heterocycles. The zero-order valence-electron chi connectivity index (χ0n) is 10.4. The Balaban J connectivity index is 2.07. The molecule has 0 radical (unpaired) electrons. The van der Waals surface area contributed by atoms with Crippen molar-refractivity contribution in [1.29, 1.82) is 0 Å². The van der Waals surface area contributed by atoms with Crippen LogP contribution in [0, 0.1) is 10.1 Å². The second kappa shape index (κ2) is 6.02. The maximum atomic E-state index is 10.8. The van der Waals surface area contributed by atoms with Crippen LogP contribution in [0.3, 0.4) is 0 Å². The number of nitrogens with one attached hydrogen (secondary N) is 1. The minimum Gasteiger partial charge on any atom is -0.301 e. The number of amides is 1. The van der Waals surface area contributed by atoms with Crippen LogP contribution in [0.15, 0.2) is 24.3 Å². The maximum Gasteiger partial charge on any atom is 0.269 e. The van der Waals surface area contributed by atoms with Crippen LogP contribution in [-0.2, 0) is 4.79 Å². The van der Waals surface area contributed by atoms with Gasteiger partial charge in [0.2, 0.25) is 11.0 Å². The van der Waals surface area contributed by atoms with Crippen LogP contribution in [0.5, 0.6) is 0 Å². The van der Waals surface area contributed by atoms with Gasteiger partial charge in [-0.15, -0.1) is 10.2 Å². The average molecular weight is 290 g/mol. The number of aromatic nitrogens is 2. The van der Waals surface area contributed by atoms with Gasteiger partial charge in [-0.2, -0.15) is 0 Å². The molecule has 2 aromatic rings. The van der Waals surface area contributed by atoms with E-state index in [2.05, 4.69) is 15.5 Å². The molecular weight excluding hydrogens is 280 g/mol. The van der Waals surface area contributed by atoms with Crippen LogP contribution in [0.4, 0.5) is 10.8 Å². The molecule has 0 unspecified atom stereocenters. The smallest absolute Gasteiger partial charge is 0.269 e. The van der Waals surface area contributed by atoms with Gasteiger partial charge < -0.3 is 5.32 Å². The van der Waals surface area contributed by atoms with Gasteiger partial charge >= 0.3 is 0 Å². The Hall–Kier alpha value is -2.61. The summed E-state index contributed by atoms with van der Waals surface area (Å²) >= 11 is 1.24. The zero-order chi connectivity index (χ0) is 14.5. The standard InChI is InChI=1S/C12H10N4O3S/c1-8(17)13-12-15-14-11(20-12)7-4-9-2-5-10(6-3-9)16(18)19/h2-7H,1H3,(H,13,15,17). The summed E-state index contributed by atoms with van der Waals surface area (Å²) in [4.78, 5) is 20.9. The Morgan fingerprint density at radius 3 is 2.60 bits per heavy atom. The van der Waals surface area contributed by atoms with Crippen molar-refractivity contribution in [2.75, 3.05) is 5.32 Å². The van der Waals surface area contributed by atoms with Crippen molar-refractivity contribution in [2.45, 2.75) is 6.92 Å². The Bertz CT molecular complexity index is 664. The SMILES string of the molecule is CC(=O)Nc1nnc(C=Cc2ccc([N+](=O)[O-])cc2)s1. The predicted molar refractivity (Wildman–Crippen MR) is 76.2 cm³/mol. The number of nitro benzene ring substituents is 1. The number of benzene rings is 1. The van der Waals surface area contributed by atoms with Crippen molar-refractivity contribution in [3.8, 4) is 0 Å². The summed E-state index contributed by atoms with van der Waals surface area (Å²) in [5.74, 6) is -0.202. The molecule has 102 valence electrons. The third-order valence-corrected chi connectivity index (χ3v) is 3.05. The summed E-state index contributed by atoms with van der Waals surface area (Å²) in [5.41, 5.74) is 0.859. The molecule has 0 spiro atoms. The first-order chi connectivity index (χ1) is 9.54. The van der Waals surface area contributed by atoms with Gasteiger partial charge in [-0.05, 0) is 23.8 Å². The Kier molecular flexibility index (Phi) is 4.16. The van der Waals surface area contributed by atoms with Gasteiger partial charge in [0, 0.05) is 19.1 Å². The fourth-order valence-corrected chi connectivity index (χ4v) is 2.07. The quantitative estimate of drug-likeness (QED) is 0.689. The Morgan fingerprint density at radius 2 is 2.00 bits per heavy atom. The molecule has 1 heterocycles. The summed E-state index contributed by atoms with van der Waals surface area (Å²) < 4.78 is 0. The fraction of sp³-hybridized carbons (Fsp3) is 0.0833. The van der Waals surface area contributed by atoms with Gasteiger partial charge in [0.15, 0.2) is 0 Å². The molecule has 20 heavy (non-hydrogen) atoms. The Labute approximate surface area is 118 Å². The molecule has 0 aliphatic heterocycles. The van der Waals surface area contributed by atoms with E-state index in [4.69, 9.17) is 0 Å². The fourth-order valence-electron chi connectivity index (χ4n) is 1.38. The number of nitrogens with zero attached hydrogens (tertiary/aromatic N) is 3. The molecule has 0 saturated carbocycles. The Morgan fingerprint density at radius 1 is 1.30 bits per heavy atom. The number of non-ortho nitro benzene ring substituents is 1. The molecular formula is C12H10N4O3S. The molecule has 1 amide bonds. The minimum absolute atomic E-state index is 0.0472. The second-order valence-electron chi connectivity index (χ2n) is 3.81. The monoisotopic (exact) mass is 290 g/mol. The highest BCUT2D eigenvalue weighted by Gasteiger charge is 2.04. The normalized spacial score (nSPS) is 10.7. The number of anilines is 1. The van der Waals surface area contributed by atoms with E-state index in [9.17, 15) is 14.9 Å². The average Bonchev–Trinajstić information content (AvgIpc) is 2.83. The van der Waals surface area contributed by atoms with Gasteiger partial charge in [-0.3, -0.25) is 14.9 Å². The highest BCUT2D eigenvalue weighted by molar-refractivity contribution is 7.16. The molecule has 2 rings (SSSR count). The van der Waals surface area contributed by atoms with E-state index in [1.807, 2.05) is 0 Å². The van der Waals surface area contributed by atoms with Gasteiger partial charge in [-0.25, -0.2) is 0 Å². The maximum absolute atomic E-state index is 10.8. The molecule has 1 aromatic heterocycles. The van der Waals surface area contributed by atoms with Gasteiger partial charge in [0.05, 0.1) is 4.92 Å². The lowest BCUT2D eigenvalue weighted by Gasteiger charge is -1.92. The number of nitro groups is 1. The van der Waals surface area contributed by atoms with Crippen LogP contribution in [-0.4, -0.2) is 21.0 Å². The number of carbonyl (C=O) groups excluding carboxylic acids is 1. The van der Waals surface area contributed by atoms with Gasteiger partial charge in [0.1, 0.15) is 5.01 Å². The van der Waals surface area contributed by atoms with E-state index >= 15 is 0 Å². The first-order valence-corrected chi connectivity index (χ1v) is 6.40. The van der Waals surface area contributed by atoms with Crippen LogP contribution >= 0.6 is 11.3 Å². The minimum atomic E-state index is -0.446. The van der Waals surface area contributed by atoms with E-state index in [0.717, 1.165) is 5.56 Å². The van der Waals surface area contributed by atoms with Gasteiger partial charge in [-0.1, -0.05) is 17.4 Å². The van der Waals surface area contributed by atoms with E-state index < -0.39 is 4.92 Å². The molecule has 7 nitrogen and oxygen atoms in total. The van der Waals surface area contributed by atoms with Crippen molar-refractivity contribution < 1.29 is 9.72 Å². The van der Waals surface area contributed by atoms with E-state index in [-0.39, 0.29) is 11.6 Å². The lowest BCUT2D eigenvalue weighted by Crippen LogP contribution is -2.04. The van der Waals surface area contributed by atoms with Crippen LogP contribution in [0.2, 0.25) is 0 Å². The van der Waals surface area contributed by atoms with Crippen molar-refractivity contribution in [2.24, 2.45) is 0 Å².